The molecule has 1 heterocycles. The minimum Gasteiger partial charge on any atom is -0.598 e. The fourth-order valence-electron chi connectivity index (χ4n) is 1.34. The van der Waals surface area contributed by atoms with Crippen molar-refractivity contribution in [2.75, 3.05) is 0 Å². The second kappa shape index (κ2) is 5.82. The van der Waals surface area contributed by atoms with Crippen LogP contribution in [-0.4, -0.2) is 14.3 Å². The van der Waals surface area contributed by atoms with Gasteiger partial charge in [0.05, 0.1) is 5.69 Å². The van der Waals surface area contributed by atoms with Crippen LogP contribution in [0.5, 0.6) is 0 Å². The average molecular weight is 270 g/mol. The maximum atomic E-state index is 13.6. The molecule has 0 aliphatic heterocycles. The topological polar surface area (TPSA) is 62.0 Å². The monoisotopic (exact) mass is 270 g/mol. The molecule has 0 saturated heterocycles. The van der Waals surface area contributed by atoms with E-state index in [1.807, 2.05) is 13.8 Å². The number of aromatic nitrogens is 1. The quantitative estimate of drug-likeness (QED) is 0.676. The minimum absolute atomic E-state index is 0.100. The third-order valence-electron chi connectivity index (χ3n) is 2.70. The van der Waals surface area contributed by atoms with Gasteiger partial charge >= 0.3 is 0 Å². The van der Waals surface area contributed by atoms with E-state index < -0.39 is 22.1 Å². The molecule has 100 valence electrons. The number of nitrogens with zero attached hydrogens (tertiary/aromatic N) is 1. The Kier molecular flexibility index (Phi) is 4.90. The average Bonchev–Trinajstić information content (AvgIpc) is 2.25. The summed E-state index contributed by atoms with van der Waals surface area (Å²) in [5.41, 5.74) is 1.09. The molecule has 18 heavy (non-hydrogen) atoms. The normalized spacial score (nSPS) is 14.4. The summed E-state index contributed by atoms with van der Waals surface area (Å²) in [5.74, 6) is -0.359. The van der Waals surface area contributed by atoms with Crippen molar-refractivity contribution in [2.24, 2.45) is 5.14 Å². The summed E-state index contributed by atoms with van der Waals surface area (Å²) in [6.45, 7) is 7.32. The van der Waals surface area contributed by atoms with Crippen LogP contribution in [0.1, 0.15) is 44.9 Å². The molecule has 0 spiro atoms. The number of nitrogens with two attached hydrogens (primary N) is 1. The zero-order chi connectivity index (χ0) is 13.9. The summed E-state index contributed by atoms with van der Waals surface area (Å²) in [7, 11) is 0. The van der Waals surface area contributed by atoms with Gasteiger partial charge in [-0.15, -0.1) is 0 Å². The molecule has 0 fully saturated rings. The van der Waals surface area contributed by atoms with Crippen molar-refractivity contribution in [1.82, 2.24) is 4.98 Å². The van der Waals surface area contributed by atoms with Gasteiger partial charge in [0.1, 0.15) is 0 Å². The molecule has 1 rings (SSSR count). The zero-order valence-corrected chi connectivity index (χ0v) is 11.9. The van der Waals surface area contributed by atoms with Crippen LogP contribution in [0.15, 0.2) is 18.2 Å². The third kappa shape index (κ3) is 3.80. The fourth-order valence-corrected chi connectivity index (χ4v) is 1.54. The molecule has 0 aromatic carbocycles. The summed E-state index contributed by atoms with van der Waals surface area (Å²) in [6, 6.07) is 3.46. The van der Waals surface area contributed by atoms with Crippen LogP contribution < -0.4 is 5.14 Å². The summed E-state index contributed by atoms with van der Waals surface area (Å²) in [6.07, 6.45) is 3.32. The van der Waals surface area contributed by atoms with E-state index >= 15 is 0 Å². The van der Waals surface area contributed by atoms with Gasteiger partial charge in [0.25, 0.3) is 0 Å². The Morgan fingerprint density at radius 2 is 2.06 bits per heavy atom. The molecule has 0 saturated carbocycles. The lowest BCUT2D eigenvalue weighted by atomic mass is 10.0. The van der Waals surface area contributed by atoms with Crippen LogP contribution in [0.25, 0.3) is 6.08 Å². The number of halogens is 1. The first-order valence-corrected chi connectivity index (χ1v) is 6.97. The highest BCUT2D eigenvalue weighted by atomic mass is 32.2. The maximum Gasteiger partial charge on any atom is 0.216 e. The Labute approximate surface area is 111 Å². The number of hydrogen-bond donors (Lipinski definition) is 1. The van der Waals surface area contributed by atoms with Gasteiger partial charge in [-0.3, -0.25) is 0 Å². The molecule has 0 aliphatic rings. The van der Waals surface area contributed by atoms with Crippen molar-refractivity contribution < 1.29 is 8.94 Å². The summed E-state index contributed by atoms with van der Waals surface area (Å²) in [5, 5.41) is 5.35. The van der Waals surface area contributed by atoms with E-state index in [9.17, 15) is 8.94 Å². The Hall–Kier alpha value is -0.910. The van der Waals surface area contributed by atoms with E-state index in [1.165, 1.54) is 0 Å². The van der Waals surface area contributed by atoms with Crippen LogP contribution in [0, 0.1) is 5.95 Å². The second-order valence-electron chi connectivity index (χ2n) is 5.01. The Morgan fingerprint density at radius 1 is 1.44 bits per heavy atom. The molecule has 1 aromatic heterocycles. The molecule has 1 atom stereocenters. The van der Waals surface area contributed by atoms with Crippen molar-refractivity contribution >= 4 is 17.4 Å². The van der Waals surface area contributed by atoms with Gasteiger partial charge in [0.15, 0.2) is 4.75 Å². The van der Waals surface area contributed by atoms with E-state index in [2.05, 4.69) is 4.98 Å². The predicted molar refractivity (Wildman–Crippen MR) is 73.7 cm³/mol. The number of hydrogen-bond acceptors (Lipinski definition) is 3. The molecule has 1 unspecified atom stereocenters. The molecular weight excluding hydrogens is 251 g/mol. The molecular formula is C13H19FN2OS. The van der Waals surface area contributed by atoms with Crippen LogP contribution >= 0.6 is 0 Å². The molecule has 0 aliphatic carbocycles. The Bertz CT molecular complexity index is 445. The molecule has 2 N–H and O–H groups in total. The zero-order valence-electron chi connectivity index (χ0n) is 11.1. The highest BCUT2D eigenvalue weighted by Crippen LogP contribution is 2.19. The van der Waals surface area contributed by atoms with Crippen molar-refractivity contribution in [3.63, 3.8) is 0 Å². The highest BCUT2D eigenvalue weighted by Gasteiger charge is 2.25. The van der Waals surface area contributed by atoms with Crippen LogP contribution in [0.3, 0.4) is 0 Å². The van der Waals surface area contributed by atoms with E-state index in [1.54, 1.807) is 38.1 Å². The van der Waals surface area contributed by atoms with Gasteiger partial charge in [-0.2, -0.15) is 9.53 Å². The van der Waals surface area contributed by atoms with E-state index in [4.69, 9.17) is 5.14 Å². The SMILES string of the molecule is CC(C)c1ccc(C=CC(C)(C)[S+](N)[O-])nc1F. The lowest BCUT2D eigenvalue weighted by Crippen LogP contribution is -2.35. The minimum atomic E-state index is -1.47. The lowest BCUT2D eigenvalue weighted by molar-refractivity contribution is 0.555. The largest absolute Gasteiger partial charge is 0.598 e. The van der Waals surface area contributed by atoms with E-state index in [0.29, 0.717) is 11.3 Å². The van der Waals surface area contributed by atoms with Gasteiger partial charge < -0.3 is 4.55 Å². The predicted octanol–water partition coefficient (Wildman–Crippen LogP) is 2.76. The third-order valence-corrected chi connectivity index (χ3v) is 3.87. The van der Waals surface area contributed by atoms with Crippen molar-refractivity contribution in [2.45, 2.75) is 38.4 Å². The van der Waals surface area contributed by atoms with E-state index in [0.717, 1.165) is 0 Å². The van der Waals surface area contributed by atoms with Gasteiger partial charge in [-0.25, -0.2) is 4.98 Å². The number of rotatable bonds is 4. The summed E-state index contributed by atoms with van der Waals surface area (Å²) < 4.78 is 24.2. The van der Waals surface area contributed by atoms with E-state index in [-0.39, 0.29) is 5.92 Å². The summed E-state index contributed by atoms with van der Waals surface area (Å²) in [4.78, 5) is 3.86. The van der Waals surface area contributed by atoms with Crippen molar-refractivity contribution in [3.05, 3.63) is 35.4 Å². The standard InChI is InChI=1S/C13H19FN2OS/c1-9(2)11-6-5-10(16-12(11)14)7-8-13(3,4)18(15)17/h5-9H,15H2,1-4H3. The van der Waals surface area contributed by atoms with Crippen LogP contribution in [0.2, 0.25) is 0 Å². The molecule has 0 amide bonds. The van der Waals surface area contributed by atoms with Gasteiger partial charge in [-0.1, -0.05) is 19.9 Å². The second-order valence-corrected chi connectivity index (χ2v) is 6.65. The van der Waals surface area contributed by atoms with Gasteiger partial charge in [0.2, 0.25) is 5.95 Å². The first-order chi connectivity index (χ1) is 8.24. The maximum absolute atomic E-state index is 13.6. The Morgan fingerprint density at radius 3 is 2.50 bits per heavy atom. The van der Waals surface area contributed by atoms with Crippen LogP contribution in [0.4, 0.5) is 4.39 Å². The van der Waals surface area contributed by atoms with Crippen molar-refractivity contribution in [1.29, 1.82) is 0 Å². The van der Waals surface area contributed by atoms with Gasteiger partial charge in [-0.05, 0) is 38.0 Å². The highest BCUT2D eigenvalue weighted by molar-refractivity contribution is 7.90. The number of pyridine rings is 1. The molecule has 5 heteroatoms. The Balaban J connectivity index is 2.94. The fraction of sp³-hybridized carbons (Fsp3) is 0.462. The lowest BCUT2D eigenvalue weighted by Gasteiger charge is -2.19. The smallest absolute Gasteiger partial charge is 0.216 e. The van der Waals surface area contributed by atoms with Crippen molar-refractivity contribution in [3.8, 4) is 0 Å². The first-order valence-electron chi connectivity index (χ1n) is 5.76. The first kappa shape index (κ1) is 15.1. The van der Waals surface area contributed by atoms with Crippen LogP contribution in [-0.2, 0) is 11.4 Å². The molecule has 1 aromatic rings. The van der Waals surface area contributed by atoms with Gasteiger partial charge in [0, 0.05) is 16.9 Å². The molecule has 0 radical (unpaired) electrons. The molecule has 3 nitrogen and oxygen atoms in total. The summed E-state index contributed by atoms with van der Waals surface area (Å²) >= 11 is -1.47. The molecule has 0 bridgehead atoms.